The van der Waals surface area contributed by atoms with Crippen molar-refractivity contribution in [3.05, 3.63) is 21.3 Å². The predicted molar refractivity (Wildman–Crippen MR) is 48.2 cm³/mol. The summed E-state index contributed by atoms with van der Waals surface area (Å²) in [6.45, 7) is 0. The summed E-state index contributed by atoms with van der Waals surface area (Å²) in [7, 11) is 0. The van der Waals surface area contributed by atoms with E-state index in [1.807, 2.05) is 0 Å². The van der Waals surface area contributed by atoms with Gasteiger partial charge in [0.05, 0.1) is 5.02 Å². The summed E-state index contributed by atoms with van der Waals surface area (Å²) in [4.78, 5) is 10.9. The maximum absolute atomic E-state index is 13.0. The van der Waals surface area contributed by atoms with Crippen LogP contribution in [0.15, 0.2) is 11.4 Å². The second-order valence-electron chi connectivity index (χ2n) is 3.22. The first-order chi connectivity index (χ1) is 6.40. The molecule has 1 aromatic rings. The average Bonchev–Trinajstić information content (AvgIpc) is 2.44. The molecule has 0 aromatic carbocycles. The number of hydrogen-bond donors (Lipinski definition) is 1. The molecule has 0 amide bonds. The summed E-state index contributed by atoms with van der Waals surface area (Å²) in [5.74, 6) is -4.63. The van der Waals surface area contributed by atoms with E-state index in [4.69, 9.17) is 16.7 Å². The molecule has 0 saturated heterocycles. The van der Waals surface area contributed by atoms with Crippen LogP contribution < -0.4 is 0 Å². The molecule has 1 heterocycles. The van der Waals surface area contributed by atoms with Crippen LogP contribution >= 0.6 is 22.9 Å². The number of carboxylic acids is 1. The molecule has 1 atom stereocenters. The van der Waals surface area contributed by atoms with Gasteiger partial charge in [0.15, 0.2) is 5.41 Å². The third-order valence-corrected chi connectivity index (χ3v) is 3.78. The van der Waals surface area contributed by atoms with Crippen molar-refractivity contribution >= 4 is 28.9 Å². The van der Waals surface area contributed by atoms with Crippen molar-refractivity contribution in [1.29, 1.82) is 0 Å². The van der Waals surface area contributed by atoms with Crippen LogP contribution in [0.5, 0.6) is 0 Å². The van der Waals surface area contributed by atoms with Gasteiger partial charge in [-0.25, -0.2) is 8.78 Å². The van der Waals surface area contributed by atoms with Gasteiger partial charge >= 0.3 is 5.97 Å². The predicted octanol–water partition coefficient (Wildman–Crippen LogP) is 2.76. The van der Waals surface area contributed by atoms with E-state index in [1.54, 1.807) is 0 Å². The SMILES string of the molecule is O=C(O)C1(c2cc(Cl)cs2)CC1(F)F. The van der Waals surface area contributed by atoms with Crippen LogP contribution in [0.3, 0.4) is 0 Å². The molecule has 76 valence electrons. The third-order valence-electron chi connectivity index (χ3n) is 2.34. The zero-order valence-corrected chi connectivity index (χ0v) is 8.33. The molecule has 1 N–H and O–H groups in total. The molecule has 0 bridgehead atoms. The van der Waals surface area contributed by atoms with E-state index < -0.39 is 23.7 Å². The molecule has 6 heteroatoms. The van der Waals surface area contributed by atoms with E-state index in [9.17, 15) is 13.6 Å². The average molecular weight is 239 g/mol. The maximum Gasteiger partial charge on any atom is 0.321 e. The van der Waals surface area contributed by atoms with Gasteiger partial charge in [0.25, 0.3) is 5.92 Å². The molecular weight excluding hydrogens is 234 g/mol. The van der Waals surface area contributed by atoms with Gasteiger partial charge in [-0.2, -0.15) is 0 Å². The van der Waals surface area contributed by atoms with Gasteiger partial charge in [-0.15, -0.1) is 11.3 Å². The summed E-state index contributed by atoms with van der Waals surface area (Å²) >= 11 is 6.52. The van der Waals surface area contributed by atoms with Gasteiger partial charge < -0.3 is 5.11 Å². The molecule has 14 heavy (non-hydrogen) atoms. The van der Waals surface area contributed by atoms with Crippen molar-refractivity contribution in [2.45, 2.75) is 17.8 Å². The molecule has 1 saturated carbocycles. The summed E-state index contributed by atoms with van der Waals surface area (Å²) in [6.07, 6.45) is -0.633. The fraction of sp³-hybridized carbons (Fsp3) is 0.375. The van der Waals surface area contributed by atoms with Crippen LogP contribution in [-0.4, -0.2) is 17.0 Å². The standard InChI is InChI=1S/C8H5ClF2O2S/c9-4-1-5(14-2-4)7(6(12)13)3-8(7,10)11/h1-2H,3H2,(H,12,13). The fourth-order valence-electron chi connectivity index (χ4n) is 1.43. The highest BCUT2D eigenvalue weighted by Crippen LogP contribution is 2.63. The number of rotatable bonds is 2. The third kappa shape index (κ3) is 1.09. The smallest absolute Gasteiger partial charge is 0.321 e. The van der Waals surface area contributed by atoms with Crippen molar-refractivity contribution < 1.29 is 18.7 Å². The highest BCUT2D eigenvalue weighted by molar-refractivity contribution is 7.10. The van der Waals surface area contributed by atoms with Crippen LogP contribution in [0.2, 0.25) is 5.02 Å². The van der Waals surface area contributed by atoms with Crippen LogP contribution in [0, 0.1) is 0 Å². The van der Waals surface area contributed by atoms with E-state index in [0.717, 1.165) is 11.3 Å². The largest absolute Gasteiger partial charge is 0.480 e. The monoisotopic (exact) mass is 238 g/mol. The molecule has 0 aliphatic heterocycles. The molecule has 2 nitrogen and oxygen atoms in total. The second kappa shape index (κ2) is 2.67. The van der Waals surface area contributed by atoms with Gasteiger partial charge in [-0.3, -0.25) is 4.79 Å². The zero-order valence-electron chi connectivity index (χ0n) is 6.76. The van der Waals surface area contributed by atoms with Crippen molar-refractivity contribution in [1.82, 2.24) is 0 Å². The number of hydrogen-bond acceptors (Lipinski definition) is 2. The van der Waals surface area contributed by atoms with Crippen molar-refractivity contribution in [2.75, 3.05) is 0 Å². The van der Waals surface area contributed by atoms with E-state index >= 15 is 0 Å². The summed E-state index contributed by atoms with van der Waals surface area (Å²) < 4.78 is 26.0. The van der Waals surface area contributed by atoms with Crippen LogP contribution in [0.1, 0.15) is 11.3 Å². The van der Waals surface area contributed by atoms with E-state index in [2.05, 4.69) is 0 Å². The first kappa shape index (κ1) is 9.86. The lowest BCUT2D eigenvalue weighted by Crippen LogP contribution is -2.25. The molecular formula is C8H5ClF2O2S. The van der Waals surface area contributed by atoms with Crippen LogP contribution in [0.4, 0.5) is 8.78 Å². The van der Waals surface area contributed by atoms with Gasteiger partial charge in [0, 0.05) is 16.7 Å². The number of alkyl halides is 2. The van der Waals surface area contributed by atoms with Gasteiger partial charge in [0.2, 0.25) is 0 Å². The van der Waals surface area contributed by atoms with Gasteiger partial charge in [0.1, 0.15) is 0 Å². The summed E-state index contributed by atoms with van der Waals surface area (Å²) in [5, 5.41) is 10.5. The Morgan fingerprint density at radius 1 is 1.64 bits per heavy atom. The Morgan fingerprint density at radius 3 is 2.50 bits per heavy atom. The Bertz CT molecular complexity index is 404. The first-order valence-corrected chi connectivity index (χ1v) is 5.02. The molecule has 1 fully saturated rings. The minimum Gasteiger partial charge on any atom is -0.480 e. The summed E-state index contributed by atoms with van der Waals surface area (Å²) in [5.41, 5.74) is -2.02. The fourth-order valence-corrected chi connectivity index (χ4v) is 2.75. The molecule has 0 radical (unpaired) electrons. The lowest BCUT2D eigenvalue weighted by atomic mass is 10.1. The van der Waals surface area contributed by atoms with Crippen molar-refractivity contribution in [3.8, 4) is 0 Å². The van der Waals surface area contributed by atoms with E-state index in [-0.39, 0.29) is 4.88 Å². The van der Waals surface area contributed by atoms with Crippen molar-refractivity contribution in [3.63, 3.8) is 0 Å². The number of aliphatic carboxylic acids is 1. The highest BCUT2D eigenvalue weighted by atomic mass is 35.5. The Hall–Kier alpha value is -0.680. The lowest BCUT2D eigenvalue weighted by molar-refractivity contribution is -0.142. The minimum absolute atomic E-state index is 0.125. The molecule has 2 rings (SSSR count). The number of halogens is 3. The molecule has 1 unspecified atom stereocenters. The van der Waals surface area contributed by atoms with E-state index in [0.29, 0.717) is 5.02 Å². The molecule has 1 aliphatic carbocycles. The normalized spacial score (nSPS) is 28.8. The number of carbonyl (C=O) groups is 1. The minimum atomic E-state index is -3.15. The topological polar surface area (TPSA) is 37.3 Å². The lowest BCUT2D eigenvalue weighted by Gasteiger charge is -2.07. The molecule has 0 spiro atoms. The summed E-state index contributed by atoms with van der Waals surface area (Å²) in [6, 6.07) is 1.29. The van der Waals surface area contributed by atoms with E-state index in [1.165, 1.54) is 11.4 Å². The second-order valence-corrected chi connectivity index (χ2v) is 4.57. The Kier molecular flexibility index (Phi) is 1.88. The Balaban J connectivity index is 2.46. The highest BCUT2D eigenvalue weighted by Gasteiger charge is 2.78. The Morgan fingerprint density at radius 2 is 2.21 bits per heavy atom. The van der Waals surface area contributed by atoms with Crippen molar-refractivity contribution in [2.24, 2.45) is 0 Å². The maximum atomic E-state index is 13.0. The van der Waals surface area contributed by atoms with Gasteiger partial charge in [-0.1, -0.05) is 11.6 Å². The first-order valence-electron chi connectivity index (χ1n) is 3.76. The van der Waals surface area contributed by atoms with Crippen LogP contribution in [-0.2, 0) is 10.2 Å². The quantitative estimate of drug-likeness (QED) is 0.860. The van der Waals surface area contributed by atoms with Gasteiger partial charge in [-0.05, 0) is 6.07 Å². The Labute approximate surface area is 87.1 Å². The molecule has 1 aromatic heterocycles. The number of thiophene rings is 1. The number of carboxylic acid groups (broad SMARTS) is 1. The molecule has 1 aliphatic rings. The zero-order chi connectivity index (χ0) is 10.6. The van der Waals surface area contributed by atoms with Crippen LogP contribution in [0.25, 0.3) is 0 Å².